The van der Waals surface area contributed by atoms with Gasteiger partial charge in [-0.1, -0.05) is 26.0 Å². The van der Waals surface area contributed by atoms with Crippen LogP contribution in [0.25, 0.3) is 0 Å². The summed E-state index contributed by atoms with van der Waals surface area (Å²) in [5, 5.41) is 3.64. The molecule has 0 aliphatic carbocycles. The largest absolute Gasteiger partial charge is 0.497 e. The Hall–Kier alpha value is -1.06. The Balaban J connectivity index is 1.77. The van der Waals surface area contributed by atoms with Gasteiger partial charge in [0.15, 0.2) is 0 Å². The van der Waals surface area contributed by atoms with Crippen LogP contribution in [0.5, 0.6) is 5.75 Å². The van der Waals surface area contributed by atoms with Gasteiger partial charge in [-0.25, -0.2) is 0 Å². The zero-order valence-electron chi connectivity index (χ0n) is 13.1. The first-order valence-corrected chi connectivity index (χ1v) is 7.76. The molecule has 1 aliphatic heterocycles. The fraction of sp³-hybridized carbons (Fsp3) is 0.647. The van der Waals surface area contributed by atoms with Gasteiger partial charge in [-0.3, -0.25) is 0 Å². The van der Waals surface area contributed by atoms with E-state index in [-0.39, 0.29) is 0 Å². The molecular weight excluding hydrogens is 248 g/mol. The minimum Gasteiger partial charge on any atom is -0.497 e. The molecular formula is C17H28N2O. The maximum Gasteiger partial charge on any atom is 0.118 e. The van der Waals surface area contributed by atoms with Crippen molar-refractivity contribution in [1.29, 1.82) is 0 Å². The summed E-state index contributed by atoms with van der Waals surface area (Å²) in [6.45, 7) is 9.25. The lowest BCUT2D eigenvalue weighted by Gasteiger charge is -2.34. The van der Waals surface area contributed by atoms with E-state index < -0.39 is 0 Å². The number of methoxy groups -OCH3 is 1. The summed E-state index contributed by atoms with van der Waals surface area (Å²) in [7, 11) is 1.71. The van der Waals surface area contributed by atoms with E-state index in [9.17, 15) is 0 Å². The smallest absolute Gasteiger partial charge is 0.118 e. The first-order valence-electron chi connectivity index (χ1n) is 7.76. The molecule has 1 heterocycles. The SMILES string of the molecule is COc1ccc(CCN2CCNC(CC(C)C)C2)cc1. The molecule has 0 bridgehead atoms. The van der Waals surface area contributed by atoms with Crippen LogP contribution >= 0.6 is 0 Å². The highest BCUT2D eigenvalue weighted by Crippen LogP contribution is 2.13. The van der Waals surface area contributed by atoms with Crippen LogP contribution in [0.2, 0.25) is 0 Å². The average Bonchev–Trinajstić information content (AvgIpc) is 2.45. The molecule has 1 aromatic rings. The maximum atomic E-state index is 5.20. The van der Waals surface area contributed by atoms with Gasteiger partial charge >= 0.3 is 0 Å². The fourth-order valence-corrected chi connectivity index (χ4v) is 2.90. The quantitative estimate of drug-likeness (QED) is 0.864. The minimum absolute atomic E-state index is 0.666. The summed E-state index contributed by atoms with van der Waals surface area (Å²) >= 11 is 0. The highest BCUT2D eigenvalue weighted by molar-refractivity contribution is 5.27. The van der Waals surface area contributed by atoms with Crippen molar-refractivity contribution in [2.45, 2.75) is 32.7 Å². The van der Waals surface area contributed by atoms with Crippen molar-refractivity contribution in [3.8, 4) is 5.75 Å². The molecule has 112 valence electrons. The molecule has 1 saturated heterocycles. The molecule has 0 saturated carbocycles. The number of ether oxygens (including phenoxy) is 1. The van der Waals surface area contributed by atoms with E-state index in [1.165, 1.54) is 25.1 Å². The standard InChI is InChI=1S/C17H28N2O/c1-14(2)12-16-13-19(11-9-18-16)10-8-15-4-6-17(20-3)7-5-15/h4-7,14,16,18H,8-13H2,1-3H3. The predicted molar refractivity (Wildman–Crippen MR) is 84.4 cm³/mol. The normalized spacial score (nSPS) is 20.3. The van der Waals surface area contributed by atoms with Gasteiger partial charge in [0.05, 0.1) is 7.11 Å². The third-order valence-corrected chi connectivity index (χ3v) is 3.97. The molecule has 0 spiro atoms. The molecule has 3 nitrogen and oxygen atoms in total. The lowest BCUT2D eigenvalue weighted by Crippen LogP contribution is -2.51. The van der Waals surface area contributed by atoms with Gasteiger partial charge in [-0.2, -0.15) is 0 Å². The number of piperazine rings is 1. The van der Waals surface area contributed by atoms with Crippen LogP contribution in [0.1, 0.15) is 25.8 Å². The van der Waals surface area contributed by atoms with E-state index in [1.807, 2.05) is 0 Å². The maximum absolute atomic E-state index is 5.20. The van der Waals surface area contributed by atoms with Crippen molar-refractivity contribution in [3.63, 3.8) is 0 Å². The van der Waals surface area contributed by atoms with E-state index in [0.717, 1.165) is 31.2 Å². The summed E-state index contributed by atoms with van der Waals surface area (Å²) in [4.78, 5) is 2.59. The van der Waals surface area contributed by atoms with Crippen molar-refractivity contribution < 1.29 is 4.74 Å². The Morgan fingerprint density at radius 3 is 2.70 bits per heavy atom. The van der Waals surface area contributed by atoms with Crippen LogP contribution < -0.4 is 10.1 Å². The molecule has 0 aromatic heterocycles. The van der Waals surface area contributed by atoms with E-state index in [4.69, 9.17) is 4.74 Å². The van der Waals surface area contributed by atoms with E-state index in [2.05, 4.69) is 48.3 Å². The van der Waals surface area contributed by atoms with Gasteiger partial charge in [0, 0.05) is 32.2 Å². The van der Waals surface area contributed by atoms with Crippen LogP contribution in [0.15, 0.2) is 24.3 Å². The molecule has 1 aromatic carbocycles. The number of nitrogens with zero attached hydrogens (tertiary/aromatic N) is 1. The van der Waals surface area contributed by atoms with E-state index >= 15 is 0 Å². The summed E-state index contributed by atoms with van der Waals surface area (Å²) in [6, 6.07) is 9.11. The summed E-state index contributed by atoms with van der Waals surface area (Å²) in [5.74, 6) is 1.71. The zero-order chi connectivity index (χ0) is 14.4. The van der Waals surface area contributed by atoms with Crippen LogP contribution in [-0.2, 0) is 6.42 Å². The Kier molecular flexibility index (Phi) is 5.86. The Morgan fingerprint density at radius 2 is 2.05 bits per heavy atom. The Morgan fingerprint density at radius 1 is 1.30 bits per heavy atom. The number of rotatable bonds is 6. The molecule has 0 radical (unpaired) electrons. The summed E-state index contributed by atoms with van der Waals surface area (Å²) in [6.07, 6.45) is 2.40. The zero-order valence-corrected chi connectivity index (χ0v) is 13.1. The second kappa shape index (κ2) is 7.65. The van der Waals surface area contributed by atoms with E-state index in [0.29, 0.717) is 6.04 Å². The number of hydrogen-bond acceptors (Lipinski definition) is 3. The highest BCUT2D eigenvalue weighted by atomic mass is 16.5. The average molecular weight is 276 g/mol. The molecule has 1 unspecified atom stereocenters. The van der Waals surface area contributed by atoms with Gasteiger partial charge < -0.3 is 15.0 Å². The molecule has 0 amide bonds. The Labute approximate surface area is 123 Å². The Bertz CT molecular complexity index is 388. The van der Waals surface area contributed by atoms with Gasteiger partial charge in [0.1, 0.15) is 5.75 Å². The van der Waals surface area contributed by atoms with Crippen molar-refractivity contribution in [1.82, 2.24) is 10.2 Å². The molecule has 1 aliphatic rings. The number of hydrogen-bond donors (Lipinski definition) is 1. The summed E-state index contributed by atoms with van der Waals surface area (Å²) < 4.78 is 5.20. The minimum atomic E-state index is 0.666. The van der Waals surface area contributed by atoms with Crippen LogP contribution in [0.3, 0.4) is 0 Å². The van der Waals surface area contributed by atoms with Crippen molar-refractivity contribution in [2.75, 3.05) is 33.3 Å². The molecule has 20 heavy (non-hydrogen) atoms. The molecule has 3 heteroatoms. The van der Waals surface area contributed by atoms with Crippen LogP contribution in [0, 0.1) is 5.92 Å². The van der Waals surface area contributed by atoms with E-state index in [1.54, 1.807) is 7.11 Å². The first kappa shape index (κ1) is 15.3. The lowest BCUT2D eigenvalue weighted by molar-refractivity contribution is 0.188. The van der Waals surface area contributed by atoms with Gasteiger partial charge in [0.2, 0.25) is 0 Å². The predicted octanol–water partition coefficient (Wildman–Crippen LogP) is 2.56. The number of benzene rings is 1. The van der Waals surface area contributed by atoms with Gasteiger partial charge in [0.25, 0.3) is 0 Å². The molecule has 1 atom stereocenters. The van der Waals surface area contributed by atoms with Crippen LogP contribution in [-0.4, -0.2) is 44.2 Å². The first-order chi connectivity index (χ1) is 9.67. The highest BCUT2D eigenvalue weighted by Gasteiger charge is 2.19. The topological polar surface area (TPSA) is 24.5 Å². The third kappa shape index (κ3) is 4.80. The summed E-state index contributed by atoms with van der Waals surface area (Å²) in [5.41, 5.74) is 1.39. The monoisotopic (exact) mass is 276 g/mol. The number of nitrogens with one attached hydrogen (secondary N) is 1. The fourth-order valence-electron chi connectivity index (χ4n) is 2.90. The molecule has 1 N–H and O–H groups in total. The van der Waals surface area contributed by atoms with Crippen molar-refractivity contribution >= 4 is 0 Å². The van der Waals surface area contributed by atoms with Gasteiger partial charge in [-0.15, -0.1) is 0 Å². The van der Waals surface area contributed by atoms with Gasteiger partial charge in [-0.05, 0) is 36.5 Å². The third-order valence-electron chi connectivity index (χ3n) is 3.97. The second-order valence-corrected chi connectivity index (χ2v) is 6.18. The molecule has 1 fully saturated rings. The lowest BCUT2D eigenvalue weighted by atomic mass is 10.0. The second-order valence-electron chi connectivity index (χ2n) is 6.18. The van der Waals surface area contributed by atoms with Crippen molar-refractivity contribution in [2.24, 2.45) is 5.92 Å². The van der Waals surface area contributed by atoms with Crippen LogP contribution in [0.4, 0.5) is 0 Å². The molecule has 2 rings (SSSR count). The van der Waals surface area contributed by atoms with Crippen molar-refractivity contribution in [3.05, 3.63) is 29.8 Å².